The fraction of sp³-hybridized carbons (Fsp3) is 0.538. The van der Waals surface area contributed by atoms with Gasteiger partial charge in [-0.2, -0.15) is 0 Å². The number of hydrogen-bond acceptors (Lipinski definition) is 5. The molecule has 0 saturated carbocycles. The third kappa shape index (κ3) is 3.56. The Balaban J connectivity index is 2.06. The van der Waals surface area contributed by atoms with Gasteiger partial charge in [0.15, 0.2) is 0 Å². The molecule has 1 aromatic carbocycles. The van der Waals surface area contributed by atoms with E-state index < -0.39 is 22.7 Å². The van der Waals surface area contributed by atoms with E-state index in [1.165, 1.54) is 0 Å². The topological polar surface area (TPSA) is 113 Å². The average molecular weight is 300 g/mol. The summed E-state index contributed by atoms with van der Waals surface area (Å²) in [4.78, 5) is 0. The largest absolute Gasteiger partial charge is 0.394 e. The van der Waals surface area contributed by atoms with Gasteiger partial charge in [0.1, 0.15) is 0 Å². The van der Waals surface area contributed by atoms with Crippen molar-refractivity contribution in [2.24, 2.45) is 5.73 Å². The van der Waals surface area contributed by atoms with Crippen LogP contribution in [0.25, 0.3) is 0 Å². The quantitative estimate of drug-likeness (QED) is 0.534. The van der Waals surface area contributed by atoms with E-state index in [2.05, 4.69) is 4.72 Å². The zero-order chi connectivity index (χ0) is 14.8. The molecule has 1 aromatic rings. The van der Waals surface area contributed by atoms with Gasteiger partial charge in [0, 0.05) is 18.5 Å². The molecule has 7 heteroatoms. The summed E-state index contributed by atoms with van der Waals surface area (Å²) in [6.07, 6.45) is -0.412. The fourth-order valence-electron chi connectivity index (χ4n) is 2.51. The number of rotatable bonds is 6. The van der Waals surface area contributed by atoms with Gasteiger partial charge in [0.25, 0.3) is 0 Å². The Kier molecular flexibility index (Phi) is 4.77. The number of benzene rings is 1. The van der Waals surface area contributed by atoms with Gasteiger partial charge in [-0.25, -0.2) is 13.1 Å². The van der Waals surface area contributed by atoms with Crippen molar-refractivity contribution in [3.63, 3.8) is 0 Å². The van der Waals surface area contributed by atoms with Crippen LogP contribution in [0.4, 0.5) is 0 Å². The highest BCUT2D eigenvalue weighted by Crippen LogP contribution is 2.32. The molecule has 0 spiro atoms. The lowest BCUT2D eigenvalue weighted by Gasteiger charge is -2.18. The van der Waals surface area contributed by atoms with Crippen molar-refractivity contribution in [2.45, 2.75) is 24.5 Å². The van der Waals surface area contributed by atoms with Crippen LogP contribution >= 0.6 is 0 Å². The predicted molar refractivity (Wildman–Crippen MR) is 75.7 cm³/mol. The molecule has 1 unspecified atom stereocenters. The van der Waals surface area contributed by atoms with E-state index in [-0.39, 0.29) is 24.3 Å². The third-order valence-electron chi connectivity index (χ3n) is 3.58. The maximum absolute atomic E-state index is 12.0. The maximum Gasteiger partial charge on any atom is 0.212 e. The summed E-state index contributed by atoms with van der Waals surface area (Å²) in [7, 11) is -3.55. The van der Waals surface area contributed by atoms with Crippen molar-refractivity contribution in [3.05, 3.63) is 35.4 Å². The molecule has 5 N–H and O–H groups in total. The minimum Gasteiger partial charge on any atom is -0.394 e. The number of aliphatic hydroxyl groups excluding tert-OH is 2. The number of aliphatic hydroxyl groups is 2. The Labute approximate surface area is 118 Å². The fourth-order valence-corrected chi connectivity index (χ4v) is 3.97. The Morgan fingerprint density at radius 3 is 2.80 bits per heavy atom. The normalized spacial score (nSPS) is 23.6. The van der Waals surface area contributed by atoms with Gasteiger partial charge in [0.05, 0.1) is 18.5 Å². The van der Waals surface area contributed by atoms with Gasteiger partial charge in [-0.3, -0.25) is 0 Å². The van der Waals surface area contributed by atoms with E-state index in [9.17, 15) is 13.5 Å². The summed E-state index contributed by atoms with van der Waals surface area (Å²) in [6.45, 7) is -0.670. The van der Waals surface area contributed by atoms with E-state index in [0.717, 1.165) is 11.1 Å². The minimum atomic E-state index is -3.55. The van der Waals surface area contributed by atoms with E-state index >= 15 is 0 Å². The molecule has 0 aliphatic heterocycles. The molecule has 0 fully saturated rings. The third-order valence-corrected chi connectivity index (χ3v) is 4.98. The number of hydrogen-bond donors (Lipinski definition) is 4. The molecule has 1 aliphatic carbocycles. The van der Waals surface area contributed by atoms with Gasteiger partial charge in [-0.1, -0.05) is 24.3 Å². The molecule has 0 heterocycles. The number of nitrogens with one attached hydrogen (secondary N) is 1. The van der Waals surface area contributed by atoms with E-state index in [0.29, 0.717) is 6.42 Å². The van der Waals surface area contributed by atoms with Crippen LogP contribution < -0.4 is 10.5 Å². The van der Waals surface area contributed by atoms with Crippen molar-refractivity contribution >= 4 is 10.0 Å². The van der Waals surface area contributed by atoms with Gasteiger partial charge in [-0.15, -0.1) is 0 Å². The van der Waals surface area contributed by atoms with Gasteiger partial charge in [-0.05, 0) is 17.5 Å². The van der Waals surface area contributed by atoms with E-state index in [1.807, 2.05) is 24.3 Å². The van der Waals surface area contributed by atoms with Crippen molar-refractivity contribution in [1.29, 1.82) is 0 Å². The first kappa shape index (κ1) is 15.4. The first-order chi connectivity index (χ1) is 9.43. The molecule has 0 aromatic heterocycles. The molecule has 2 rings (SSSR count). The molecule has 0 amide bonds. The molecule has 3 atom stereocenters. The average Bonchev–Trinajstić information content (AvgIpc) is 2.72. The van der Waals surface area contributed by atoms with Crippen LogP contribution in [0, 0.1) is 0 Å². The van der Waals surface area contributed by atoms with Gasteiger partial charge in [0.2, 0.25) is 10.0 Å². The summed E-state index contributed by atoms with van der Waals surface area (Å²) < 4.78 is 26.3. The van der Waals surface area contributed by atoms with E-state index in [4.69, 9.17) is 10.8 Å². The first-order valence-corrected chi connectivity index (χ1v) is 8.18. The second-order valence-electron chi connectivity index (χ2n) is 5.14. The predicted octanol–water partition coefficient (Wildman–Crippen LogP) is -1.07. The maximum atomic E-state index is 12.0. The molecule has 1 aliphatic rings. The summed E-state index contributed by atoms with van der Waals surface area (Å²) in [5.74, 6) is -0.349. The number of nitrogens with two attached hydrogens (primary N) is 1. The molecular formula is C13H20N2O4S. The number of sulfonamides is 1. The SMILES string of the molecule is N[C@@H]1Cc2ccccc2[C@H]1CS(=O)(=O)NCC(O)CO. The molecule has 0 saturated heterocycles. The first-order valence-electron chi connectivity index (χ1n) is 6.52. The van der Waals surface area contributed by atoms with Crippen LogP contribution in [-0.2, 0) is 16.4 Å². The molecule has 20 heavy (non-hydrogen) atoms. The standard InChI is InChI=1S/C13H20N2O4S/c14-13-5-9-3-1-2-4-11(9)12(13)8-20(18,19)15-6-10(17)7-16/h1-4,10,12-13,15-17H,5-8,14H2/t10?,12-,13-/m1/s1. The summed E-state index contributed by atoms with van der Waals surface area (Å²) in [5.41, 5.74) is 8.11. The highest BCUT2D eigenvalue weighted by Gasteiger charge is 2.33. The lowest BCUT2D eigenvalue weighted by atomic mass is 10.0. The Bertz CT molecular complexity index is 561. The second-order valence-corrected chi connectivity index (χ2v) is 6.99. The van der Waals surface area contributed by atoms with Crippen molar-refractivity contribution in [3.8, 4) is 0 Å². The highest BCUT2D eigenvalue weighted by molar-refractivity contribution is 7.89. The van der Waals surface area contributed by atoms with Crippen LogP contribution in [0.2, 0.25) is 0 Å². The molecular weight excluding hydrogens is 280 g/mol. The number of fused-ring (bicyclic) bond motifs is 1. The summed E-state index contributed by atoms with van der Waals surface area (Å²) in [5, 5.41) is 17.9. The zero-order valence-electron chi connectivity index (χ0n) is 11.1. The Morgan fingerprint density at radius 1 is 1.40 bits per heavy atom. The van der Waals surface area contributed by atoms with E-state index in [1.54, 1.807) is 0 Å². The molecule has 0 bridgehead atoms. The van der Waals surface area contributed by atoms with Crippen molar-refractivity contribution in [2.75, 3.05) is 18.9 Å². The molecule has 6 nitrogen and oxygen atoms in total. The molecule has 112 valence electrons. The lowest BCUT2D eigenvalue weighted by Crippen LogP contribution is -2.39. The van der Waals surface area contributed by atoms with Crippen molar-refractivity contribution in [1.82, 2.24) is 4.72 Å². The zero-order valence-corrected chi connectivity index (χ0v) is 11.9. The van der Waals surface area contributed by atoms with Crippen LogP contribution in [-0.4, -0.2) is 49.7 Å². The van der Waals surface area contributed by atoms with Crippen LogP contribution in [0.15, 0.2) is 24.3 Å². The Hall–Kier alpha value is -0.990. The van der Waals surface area contributed by atoms with Crippen LogP contribution in [0.5, 0.6) is 0 Å². The van der Waals surface area contributed by atoms with Crippen molar-refractivity contribution < 1.29 is 18.6 Å². The highest BCUT2D eigenvalue weighted by atomic mass is 32.2. The minimum absolute atomic E-state index is 0.108. The van der Waals surface area contributed by atoms with Gasteiger partial charge < -0.3 is 15.9 Å². The summed E-state index contributed by atoms with van der Waals surface area (Å²) >= 11 is 0. The monoisotopic (exact) mass is 300 g/mol. The van der Waals surface area contributed by atoms with Gasteiger partial charge >= 0.3 is 0 Å². The lowest BCUT2D eigenvalue weighted by molar-refractivity contribution is 0.0988. The second kappa shape index (κ2) is 6.19. The van der Waals surface area contributed by atoms with Crippen LogP contribution in [0.3, 0.4) is 0 Å². The smallest absolute Gasteiger partial charge is 0.212 e. The Morgan fingerprint density at radius 2 is 2.10 bits per heavy atom. The molecule has 0 radical (unpaired) electrons. The summed E-state index contributed by atoms with van der Waals surface area (Å²) in [6, 6.07) is 7.44. The van der Waals surface area contributed by atoms with Crippen LogP contribution in [0.1, 0.15) is 17.0 Å².